The molecule has 0 aliphatic rings. The van der Waals surface area contributed by atoms with Crippen molar-refractivity contribution in [2.45, 2.75) is 33.6 Å². The number of hydrogen-bond acceptors (Lipinski definition) is 2. The Labute approximate surface area is 131 Å². The Balaban J connectivity index is 2.42. The molecular formula is C18H24N2O2. The predicted molar refractivity (Wildman–Crippen MR) is 88.8 cm³/mol. The summed E-state index contributed by atoms with van der Waals surface area (Å²) in [7, 11) is 0. The number of amides is 1. The fourth-order valence-electron chi connectivity index (χ4n) is 2.68. The summed E-state index contributed by atoms with van der Waals surface area (Å²) in [6.07, 6.45) is 0. The number of rotatable bonds is 5. The zero-order valence-corrected chi connectivity index (χ0v) is 13.7. The molecule has 0 radical (unpaired) electrons. The summed E-state index contributed by atoms with van der Waals surface area (Å²) in [5, 5.41) is 11.5. The first kappa shape index (κ1) is 16.3. The first-order valence-corrected chi connectivity index (χ1v) is 7.64. The Morgan fingerprint density at radius 2 is 2.00 bits per heavy atom. The summed E-state index contributed by atoms with van der Waals surface area (Å²) in [5.74, 6) is 0.317. The van der Waals surface area contributed by atoms with Crippen molar-refractivity contribution in [1.82, 2.24) is 9.88 Å². The van der Waals surface area contributed by atoms with E-state index in [4.69, 9.17) is 5.11 Å². The van der Waals surface area contributed by atoms with E-state index in [1.165, 1.54) is 5.56 Å². The topological polar surface area (TPSA) is 54.3 Å². The Morgan fingerprint density at radius 3 is 2.64 bits per heavy atom. The summed E-state index contributed by atoms with van der Waals surface area (Å²) in [6, 6.07) is 10.3. The molecule has 0 aliphatic heterocycles. The predicted octanol–water partition coefficient (Wildman–Crippen LogP) is 2.94. The molecule has 0 spiro atoms. The molecule has 0 atom stereocenters. The number of carbonyl (C=O) groups excluding carboxylic acids is 1. The highest BCUT2D eigenvalue weighted by atomic mass is 16.3. The second kappa shape index (κ2) is 6.79. The largest absolute Gasteiger partial charge is 0.395 e. The van der Waals surface area contributed by atoms with Gasteiger partial charge >= 0.3 is 0 Å². The highest BCUT2D eigenvalue weighted by molar-refractivity contribution is 5.95. The molecule has 0 aliphatic carbocycles. The molecule has 0 unspecified atom stereocenters. The van der Waals surface area contributed by atoms with E-state index in [0.717, 1.165) is 17.1 Å². The number of nitrogens with one attached hydrogen (secondary N) is 1. The molecule has 0 fully saturated rings. The highest BCUT2D eigenvalue weighted by Gasteiger charge is 2.16. The monoisotopic (exact) mass is 300 g/mol. The van der Waals surface area contributed by atoms with Crippen LogP contribution in [0.15, 0.2) is 30.3 Å². The van der Waals surface area contributed by atoms with Crippen LogP contribution in [0, 0.1) is 13.8 Å². The second-order valence-corrected chi connectivity index (χ2v) is 5.85. The number of aryl methyl sites for hydroxylation is 1. The van der Waals surface area contributed by atoms with E-state index in [1.807, 2.05) is 19.9 Å². The standard InChI is InChI=1S/C18H24N2O2/c1-12(2)15-6-5-7-16(11-15)20-13(3)10-17(14(20)4)18(22)19-8-9-21/h5-7,10-12,21H,8-9H2,1-4H3,(H,19,22). The summed E-state index contributed by atoms with van der Waals surface area (Å²) in [4.78, 5) is 12.2. The summed E-state index contributed by atoms with van der Waals surface area (Å²) >= 11 is 0. The molecule has 4 nitrogen and oxygen atoms in total. The Morgan fingerprint density at radius 1 is 1.27 bits per heavy atom. The van der Waals surface area contributed by atoms with Crippen LogP contribution in [-0.2, 0) is 0 Å². The molecule has 2 aromatic rings. The average Bonchev–Trinajstić information content (AvgIpc) is 2.80. The molecule has 118 valence electrons. The third-order valence-corrected chi connectivity index (χ3v) is 3.87. The molecule has 22 heavy (non-hydrogen) atoms. The van der Waals surface area contributed by atoms with Gasteiger partial charge in [-0.15, -0.1) is 0 Å². The maximum Gasteiger partial charge on any atom is 0.253 e. The first-order chi connectivity index (χ1) is 10.5. The van der Waals surface area contributed by atoms with Gasteiger partial charge in [0.2, 0.25) is 0 Å². The van der Waals surface area contributed by atoms with Crippen LogP contribution in [0.4, 0.5) is 0 Å². The van der Waals surface area contributed by atoms with E-state index in [-0.39, 0.29) is 19.1 Å². The Bertz CT molecular complexity index is 672. The van der Waals surface area contributed by atoms with Crippen LogP contribution in [0.25, 0.3) is 5.69 Å². The molecule has 0 bridgehead atoms. The van der Waals surface area contributed by atoms with Crippen molar-refractivity contribution in [2.24, 2.45) is 0 Å². The van der Waals surface area contributed by atoms with E-state index in [0.29, 0.717) is 11.5 Å². The van der Waals surface area contributed by atoms with Crippen molar-refractivity contribution >= 4 is 5.91 Å². The molecule has 1 heterocycles. The number of hydrogen-bond donors (Lipinski definition) is 2. The minimum absolute atomic E-state index is 0.0547. The number of aliphatic hydroxyl groups excluding tert-OH is 1. The average molecular weight is 300 g/mol. The van der Waals surface area contributed by atoms with Crippen LogP contribution in [-0.4, -0.2) is 28.7 Å². The fraction of sp³-hybridized carbons (Fsp3) is 0.389. The maximum atomic E-state index is 12.2. The molecular weight excluding hydrogens is 276 g/mol. The van der Waals surface area contributed by atoms with Gasteiger partial charge in [-0.3, -0.25) is 4.79 Å². The van der Waals surface area contributed by atoms with E-state index < -0.39 is 0 Å². The lowest BCUT2D eigenvalue weighted by Crippen LogP contribution is -2.26. The summed E-state index contributed by atoms with van der Waals surface area (Å²) in [6.45, 7) is 8.50. The van der Waals surface area contributed by atoms with Crippen LogP contribution in [0.3, 0.4) is 0 Å². The van der Waals surface area contributed by atoms with Gasteiger partial charge in [0.1, 0.15) is 0 Å². The van der Waals surface area contributed by atoms with Crippen LogP contribution < -0.4 is 5.32 Å². The lowest BCUT2D eigenvalue weighted by molar-refractivity contribution is 0.0944. The second-order valence-electron chi connectivity index (χ2n) is 5.85. The molecule has 1 amide bonds. The zero-order chi connectivity index (χ0) is 16.3. The molecule has 1 aromatic heterocycles. The minimum Gasteiger partial charge on any atom is -0.395 e. The Hall–Kier alpha value is -2.07. The minimum atomic E-state index is -0.145. The van der Waals surface area contributed by atoms with Gasteiger partial charge in [-0.25, -0.2) is 0 Å². The van der Waals surface area contributed by atoms with Gasteiger partial charge in [0.25, 0.3) is 5.91 Å². The van der Waals surface area contributed by atoms with E-state index in [9.17, 15) is 4.79 Å². The van der Waals surface area contributed by atoms with Crippen molar-refractivity contribution in [3.8, 4) is 5.69 Å². The lowest BCUT2D eigenvalue weighted by atomic mass is 10.0. The van der Waals surface area contributed by atoms with Crippen LogP contribution in [0.5, 0.6) is 0 Å². The van der Waals surface area contributed by atoms with Gasteiger partial charge in [-0.1, -0.05) is 26.0 Å². The zero-order valence-electron chi connectivity index (χ0n) is 13.7. The number of nitrogens with zero attached hydrogens (tertiary/aromatic N) is 1. The first-order valence-electron chi connectivity index (χ1n) is 7.64. The number of aromatic nitrogens is 1. The smallest absolute Gasteiger partial charge is 0.253 e. The normalized spacial score (nSPS) is 11.0. The van der Waals surface area contributed by atoms with Gasteiger partial charge in [0.05, 0.1) is 12.2 Å². The van der Waals surface area contributed by atoms with E-state index in [1.54, 1.807) is 0 Å². The maximum absolute atomic E-state index is 12.2. The van der Waals surface area contributed by atoms with Gasteiger partial charge in [-0.05, 0) is 43.5 Å². The molecule has 1 aromatic carbocycles. The van der Waals surface area contributed by atoms with E-state index in [2.05, 4.69) is 48.0 Å². The number of aliphatic hydroxyl groups is 1. The van der Waals surface area contributed by atoms with E-state index >= 15 is 0 Å². The number of benzene rings is 1. The molecule has 0 saturated carbocycles. The van der Waals surface area contributed by atoms with Gasteiger partial charge < -0.3 is 15.0 Å². The van der Waals surface area contributed by atoms with Crippen molar-refractivity contribution in [2.75, 3.05) is 13.2 Å². The van der Waals surface area contributed by atoms with Crippen LogP contribution >= 0.6 is 0 Å². The number of carbonyl (C=O) groups is 1. The molecule has 2 N–H and O–H groups in total. The third kappa shape index (κ3) is 3.22. The van der Waals surface area contributed by atoms with Crippen molar-refractivity contribution in [3.63, 3.8) is 0 Å². The summed E-state index contributed by atoms with van der Waals surface area (Å²) in [5.41, 5.74) is 4.93. The van der Waals surface area contributed by atoms with Crippen LogP contribution in [0.1, 0.15) is 47.1 Å². The fourth-order valence-corrected chi connectivity index (χ4v) is 2.68. The van der Waals surface area contributed by atoms with Gasteiger partial charge in [0.15, 0.2) is 0 Å². The molecule has 2 rings (SSSR count). The van der Waals surface area contributed by atoms with Crippen LogP contribution in [0.2, 0.25) is 0 Å². The van der Waals surface area contributed by atoms with Gasteiger partial charge in [-0.2, -0.15) is 0 Å². The van der Waals surface area contributed by atoms with Crippen molar-refractivity contribution in [3.05, 3.63) is 52.8 Å². The lowest BCUT2D eigenvalue weighted by Gasteiger charge is -2.13. The Kier molecular flexibility index (Phi) is 5.03. The van der Waals surface area contributed by atoms with Crippen molar-refractivity contribution in [1.29, 1.82) is 0 Å². The quantitative estimate of drug-likeness (QED) is 0.892. The third-order valence-electron chi connectivity index (χ3n) is 3.87. The van der Waals surface area contributed by atoms with Crippen molar-refractivity contribution < 1.29 is 9.90 Å². The molecule has 0 saturated heterocycles. The highest BCUT2D eigenvalue weighted by Crippen LogP contribution is 2.24. The summed E-state index contributed by atoms with van der Waals surface area (Å²) < 4.78 is 2.10. The van der Waals surface area contributed by atoms with Gasteiger partial charge in [0, 0.05) is 23.6 Å². The molecule has 4 heteroatoms. The SMILES string of the molecule is Cc1cc(C(=O)NCCO)c(C)n1-c1cccc(C(C)C)c1.